The van der Waals surface area contributed by atoms with Crippen LogP contribution in [0.25, 0.3) is 0 Å². The summed E-state index contributed by atoms with van der Waals surface area (Å²) in [6.45, 7) is 6.53. The Morgan fingerprint density at radius 1 is 1.10 bits per heavy atom. The fourth-order valence-corrected chi connectivity index (χ4v) is 6.64. The lowest BCUT2D eigenvalue weighted by Gasteiger charge is -2.30. The maximum atomic E-state index is 13.0. The fourth-order valence-electron chi connectivity index (χ4n) is 3.82. The van der Waals surface area contributed by atoms with Crippen LogP contribution < -0.4 is 15.4 Å². The van der Waals surface area contributed by atoms with Gasteiger partial charge in [-0.25, -0.2) is 21.6 Å². The highest BCUT2D eigenvalue weighted by Gasteiger charge is 2.33. The number of carbonyl (C=O) groups excluding carboxylic acids is 1. The number of rotatable bonds is 8. The van der Waals surface area contributed by atoms with Crippen LogP contribution in [0.5, 0.6) is 0 Å². The number of benzene rings is 1. The van der Waals surface area contributed by atoms with Crippen LogP contribution >= 0.6 is 0 Å². The lowest BCUT2D eigenvalue weighted by atomic mass is 9.94. The molecule has 11 heteroatoms. The van der Waals surface area contributed by atoms with E-state index in [9.17, 15) is 21.6 Å². The number of amides is 1. The molecule has 2 aliphatic heterocycles. The third kappa shape index (κ3) is 4.70. The second kappa shape index (κ2) is 9.31. The second-order valence-electron chi connectivity index (χ2n) is 7.66. The van der Waals surface area contributed by atoms with E-state index in [1.165, 1.54) is 22.5 Å². The van der Waals surface area contributed by atoms with E-state index >= 15 is 0 Å². The molecule has 3 N–H and O–H groups in total. The summed E-state index contributed by atoms with van der Waals surface area (Å²) < 4.78 is 55.4. The summed E-state index contributed by atoms with van der Waals surface area (Å²) in [5, 5.41) is 6.18. The monoisotopic (exact) mass is 458 g/mol. The van der Waals surface area contributed by atoms with E-state index in [2.05, 4.69) is 15.4 Å². The predicted molar refractivity (Wildman–Crippen MR) is 113 cm³/mol. The van der Waals surface area contributed by atoms with Crippen molar-refractivity contribution in [3.05, 3.63) is 23.8 Å². The first-order valence-electron chi connectivity index (χ1n) is 10.3. The number of nitrogens with zero attached hydrogens (tertiary/aromatic N) is 1. The average molecular weight is 459 g/mol. The number of nitrogens with one attached hydrogen (secondary N) is 3. The third-order valence-electron chi connectivity index (χ3n) is 5.74. The zero-order valence-corrected chi connectivity index (χ0v) is 19.0. The molecule has 0 aliphatic carbocycles. The van der Waals surface area contributed by atoms with Gasteiger partial charge in [-0.1, -0.05) is 13.8 Å². The van der Waals surface area contributed by atoms with Crippen molar-refractivity contribution in [1.29, 1.82) is 0 Å². The van der Waals surface area contributed by atoms with Crippen molar-refractivity contribution >= 4 is 26.0 Å². The Kier molecular flexibility index (Phi) is 7.18. The van der Waals surface area contributed by atoms with Gasteiger partial charge in [-0.3, -0.25) is 4.79 Å². The van der Waals surface area contributed by atoms with Crippen molar-refractivity contribution in [1.82, 2.24) is 19.7 Å². The Morgan fingerprint density at radius 3 is 2.33 bits per heavy atom. The SMILES string of the molecule is CCN(CC)S(=O)(=O)c1ccc(S(=O)(=O)NC(=O)[C@@H]2CCCNC2)c(C2CNC2)c1. The number of hydrogen-bond donors (Lipinski definition) is 3. The lowest BCUT2D eigenvalue weighted by Crippen LogP contribution is -2.44. The topological polar surface area (TPSA) is 125 Å². The summed E-state index contributed by atoms with van der Waals surface area (Å²) in [5.74, 6) is -1.06. The molecule has 0 spiro atoms. The molecule has 168 valence electrons. The molecule has 2 heterocycles. The molecular weight excluding hydrogens is 428 g/mol. The standard InChI is InChI=1S/C19H30N4O5S2/c1-3-23(4-2)30(27,28)16-7-8-18(17(10-16)15-12-21-13-15)29(25,26)22-19(24)14-6-5-9-20-11-14/h7-8,10,14-15,20-21H,3-6,9,11-13H2,1-2H3,(H,22,24)/t14-/m1/s1. The summed E-state index contributed by atoms with van der Waals surface area (Å²) in [6, 6.07) is 4.06. The quantitative estimate of drug-likeness (QED) is 0.509. The van der Waals surface area contributed by atoms with Crippen molar-refractivity contribution in [2.75, 3.05) is 39.3 Å². The minimum absolute atomic E-state index is 0.0374. The Morgan fingerprint density at radius 2 is 1.80 bits per heavy atom. The fraction of sp³-hybridized carbons (Fsp3) is 0.632. The highest BCUT2D eigenvalue weighted by molar-refractivity contribution is 7.90. The molecule has 1 aromatic rings. The zero-order valence-electron chi connectivity index (χ0n) is 17.3. The highest BCUT2D eigenvalue weighted by Crippen LogP contribution is 2.30. The van der Waals surface area contributed by atoms with Crippen LogP contribution in [-0.4, -0.2) is 66.3 Å². The van der Waals surface area contributed by atoms with Crippen LogP contribution in [0.2, 0.25) is 0 Å². The van der Waals surface area contributed by atoms with E-state index < -0.39 is 31.9 Å². The van der Waals surface area contributed by atoms with E-state index in [0.717, 1.165) is 13.0 Å². The first kappa shape index (κ1) is 23.1. The molecule has 0 radical (unpaired) electrons. The van der Waals surface area contributed by atoms with Crippen LogP contribution in [0.4, 0.5) is 0 Å². The van der Waals surface area contributed by atoms with Gasteiger partial charge >= 0.3 is 0 Å². The molecular formula is C19H30N4O5S2. The predicted octanol–water partition coefficient (Wildman–Crippen LogP) is 0.208. The van der Waals surface area contributed by atoms with Crippen molar-refractivity contribution in [2.45, 2.75) is 42.4 Å². The van der Waals surface area contributed by atoms with Crippen molar-refractivity contribution in [2.24, 2.45) is 5.92 Å². The minimum Gasteiger partial charge on any atom is -0.316 e. The summed E-state index contributed by atoms with van der Waals surface area (Å²) >= 11 is 0. The van der Waals surface area contributed by atoms with Crippen LogP contribution in [-0.2, 0) is 24.8 Å². The molecule has 0 bridgehead atoms. The normalized spacial score (nSPS) is 20.7. The van der Waals surface area contributed by atoms with E-state index in [1.807, 2.05) is 0 Å². The van der Waals surface area contributed by atoms with Crippen molar-refractivity contribution in [3.63, 3.8) is 0 Å². The number of piperidine rings is 1. The van der Waals surface area contributed by atoms with Crippen molar-refractivity contribution < 1.29 is 21.6 Å². The molecule has 0 aromatic heterocycles. The van der Waals surface area contributed by atoms with Gasteiger partial charge in [-0.05, 0) is 43.1 Å². The molecule has 2 fully saturated rings. The van der Waals surface area contributed by atoms with Gasteiger partial charge in [-0.15, -0.1) is 0 Å². The molecule has 0 saturated carbocycles. The second-order valence-corrected chi connectivity index (χ2v) is 11.2. The summed E-state index contributed by atoms with van der Waals surface area (Å²) in [6.07, 6.45) is 1.45. The summed E-state index contributed by atoms with van der Waals surface area (Å²) in [4.78, 5) is 12.5. The van der Waals surface area contributed by atoms with Gasteiger partial charge in [0, 0.05) is 38.6 Å². The molecule has 1 atom stereocenters. The molecule has 2 saturated heterocycles. The molecule has 30 heavy (non-hydrogen) atoms. The molecule has 1 aromatic carbocycles. The van der Waals surface area contributed by atoms with Crippen LogP contribution in [0.1, 0.15) is 38.2 Å². The Bertz CT molecular complexity index is 980. The summed E-state index contributed by atoms with van der Waals surface area (Å²) in [7, 11) is -7.84. The number of carbonyl (C=O) groups is 1. The smallest absolute Gasteiger partial charge is 0.264 e. The van der Waals surface area contributed by atoms with Gasteiger partial charge in [0.25, 0.3) is 10.0 Å². The maximum Gasteiger partial charge on any atom is 0.264 e. The van der Waals surface area contributed by atoms with Gasteiger partial charge < -0.3 is 10.6 Å². The zero-order chi connectivity index (χ0) is 21.9. The molecule has 1 amide bonds. The van der Waals surface area contributed by atoms with Crippen LogP contribution in [0, 0.1) is 5.92 Å². The van der Waals surface area contributed by atoms with E-state index in [-0.39, 0.29) is 15.7 Å². The Balaban J connectivity index is 1.94. The van der Waals surface area contributed by atoms with Gasteiger partial charge in [0.2, 0.25) is 15.9 Å². The molecule has 9 nitrogen and oxygen atoms in total. The average Bonchev–Trinajstić information content (AvgIpc) is 2.67. The largest absolute Gasteiger partial charge is 0.316 e. The Hall–Kier alpha value is -1.53. The molecule has 2 aliphatic rings. The van der Waals surface area contributed by atoms with Crippen LogP contribution in [0.15, 0.2) is 28.0 Å². The number of hydrogen-bond acceptors (Lipinski definition) is 7. The number of sulfonamides is 2. The molecule has 3 rings (SSSR count). The summed E-state index contributed by atoms with van der Waals surface area (Å²) in [5.41, 5.74) is 0.420. The van der Waals surface area contributed by atoms with E-state index in [1.54, 1.807) is 13.8 Å². The van der Waals surface area contributed by atoms with E-state index in [0.29, 0.717) is 44.7 Å². The van der Waals surface area contributed by atoms with Gasteiger partial charge in [0.15, 0.2) is 0 Å². The van der Waals surface area contributed by atoms with Gasteiger partial charge in [0.1, 0.15) is 0 Å². The van der Waals surface area contributed by atoms with Gasteiger partial charge in [0.05, 0.1) is 15.7 Å². The van der Waals surface area contributed by atoms with Gasteiger partial charge in [-0.2, -0.15) is 4.31 Å². The lowest BCUT2D eigenvalue weighted by molar-refractivity contribution is -0.123. The first-order chi connectivity index (χ1) is 14.2. The van der Waals surface area contributed by atoms with Crippen molar-refractivity contribution in [3.8, 4) is 0 Å². The minimum atomic E-state index is -4.12. The first-order valence-corrected chi connectivity index (χ1v) is 13.2. The van der Waals surface area contributed by atoms with E-state index in [4.69, 9.17) is 0 Å². The highest BCUT2D eigenvalue weighted by atomic mass is 32.2. The maximum absolute atomic E-state index is 13.0. The third-order valence-corrected chi connectivity index (χ3v) is 9.20. The van der Waals surface area contributed by atoms with Crippen LogP contribution in [0.3, 0.4) is 0 Å². The molecule has 0 unspecified atom stereocenters. The Labute approximate surface area is 178 Å².